The highest BCUT2D eigenvalue weighted by Crippen LogP contribution is 2.37. The van der Waals surface area contributed by atoms with Crippen LogP contribution >= 0.6 is 0 Å². The van der Waals surface area contributed by atoms with E-state index in [0.717, 1.165) is 0 Å². The third kappa shape index (κ3) is 4.40. The minimum Gasteiger partial charge on any atom is -0.353 e. The lowest BCUT2D eigenvalue weighted by molar-refractivity contribution is -0.184. The molecule has 1 fully saturated rings. The Hall–Kier alpha value is -2.58. The summed E-state index contributed by atoms with van der Waals surface area (Å²) < 4.78 is 39.9. The summed E-state index contributed by atoms with van der Waals surface area (Å²) in [7, 11) is 0. The Morgan fingerprint density at radius 3 is 2.70 bits per heavy atom. The van der Waals surface area contributed by atoms with Crippen molar-refractivity contribution in [1.82, 2.24) is 14.9 Å². The van der Waals surface area contributed by atoms with Crippen LogP contribution in [0.15, 0.2) is 33.9 Å². The van der Waals surface area contributed by atoms with Gasteiger partial charge in [-0.15, -0.1) is 0 Å². The molecule has 0 radical (unpaired) electrons. The molecule has 27 heavy (non-hydrogen) atoms. The summed E-state index contributed by atoms with van der Waals surface area (Å²) in [6.45, 7) is 0.0252. The van der Waals surface area contributed by atoms with Crippen molar-refractivity contribution in [3.8, 4) is 0 Å². The summed E-state index contributed by atoms with van der Waals surface area (Å²) in [6, 6.07) is 6.01. The molecule has 3 rings (SSSR count). The number of fused-ring (bicyclic) bond motifs is 1. The van der Waals surface area contributed by atoms with Crippen LogP contribution in [0.1, 0.15) is 32.1 Å². The predicted molar refractivity (Wildman–Crippen MR) is 93.4 cm³/mol. The number of aromatic amines is 1. The average molecular weight is 383 g/mol. The van der Waals surface area contributed by atoms with E-state index in [9.17, 15) is 27.6 Å². The smallest absolute Gasteiger partial charge is 0.353 e. The second-order valence-corrected chi connectivity index (χ2v) is 6.85. The zero-order valence-corrected chi connectivity index (χ0v) is 14.5. The van der Waals surface area contributed by atoms with Crippen LogP contribution in [0.5, 0.6) is 0 Å². The van der Waals surface area contributed by atoms with Gasteiger partial charge >= 0.3 is 11.9 Å². The summed E-state index contributed by atoms with van der Waals surface area (Å²) in [5.74, 6) is -1.80. The van der Waals surface area contributed by atoms with Gasteiger partial charge in [0.1, 0.15) is 0 Å². The SMILES string of the molecule is O=C(CCn1c(=O)[nH]c(=O)c2ccccc21)NC1CCCC(C(F)(F)F)C1. The number of carbonyl (C=O) groups excluding carboxylic acids is 1. The van der Waals surface area contributed by atoms with Gasteiger partial charge in [0.25, 0.3) is 5.56 Å². The molecule has 2 unspecified atom stereocenters. The van der Waals surface area contributed by atoms with Crippen LogP contribution in [-0.2, 0) is 11.3 Å². The topological polar surface area (TPSA) is 84.0 Å². The molecule has 1 aromatic heterocycles. The summed E-state index contributed by atoms with van der Waals surface area (Å²) in [6.07, 6.45) is -3.40. The molecule has 1 heterocycles. The molecule has 2 aromatic rings. The fraction of sp³-hybridized carbons (Fsp3) is 0.500. The zero-order chi connectivity index (χ0) is 19.6. The number of nitrogens with zero attached hydrogens (tertiary/aromatic N) is 1. The third-order valence-corrected chi connectivity index (χ3v) is 4.97. The van der Waals surface area contributed by atoms with Crippen molar-refractivity contribution >= 4 is 16.8 Å². The van der Waals surface area contributed by atoms with Gasteiger partial charge in [0, 0.05) is 19.0 Å². The summed E-state index contributed by atoms with van der Waals surface area (Å²) in [5, 5.41) is 2.98. The van der Waals surface area contributed by atoms with Crippen LogP contribution in [0.25, 0.3) is 10.9 Å². The monoisotopic (exact) mass is 383 g/mol. The molecular formula is C18H20F3N3O3. The number of benzene rings is 1. The molecule has 146 valence electrons. The van der Waals surface area contributed by atoms with Crippen molar-refractivity contribution in [3.63, 3.8) is 0 Å². The molecule has 6 nitrogen and oxygen atoms in total. The number of aromatic nitrogens is 2. The van der Waals surface area contributed by atoms with Gasteiger partial charge in [0.15, 0.2) is 0 Å². The second kappa shape index (κ2) is 7.58. The van der Waals surface area contributed by atoms with E-state index in [1.165, 1.54) is 4.57 Å². The second-order valence-electron chi connectivity index (χ2n) is 6.85. The molecule has 1 aliphatic rings. The highest BCUT2D eigenvalue weighted by molar-refractivity contribution is 5.79. The first-order chi connectivity index (χ1) is 12.8. The Morgan fingerprint density at radius 2 is 1.96 bits per heavy atom. The highest BCUT2D eigenvalue weighted by atomic mass is 19.4. The van der Waals surface area contributed by atoms with Gasteiger partial charge in [-0.05, 0) is 31.4 Å². The van der Waals surface area contributed by atoms with Crippen LogP contribution in [0, 0.1) is 5.92 Å². The van der Waals surface area contributed by atoms with Gasteiger partial charge < -0.3 is 5.32 Å². The number of aryl methyl sites for hydroxylation is 1. The molecule has 1 aliphatic carbocycles. The van der Waals surface area contributed by atoms with E-state index in [1.54, 1.807) is 24.3 Å². The number of hydrogen-bond donors (Lipinski definition) is 2. The first kappa shape index (κ1) is 19.2. The fourth-order valence-electron chi connectivity index (χ4n) is 3.60. The van der Waals surface area contributed by atoms with Crippen molar-refractivity contribution in [3.05, 3.63) is 45.1 Å². The van der Waals surface area contributed by atoms with Gasteiger partial charge in [-0.25, -0.2) is 4.79 Å². The lowest BCUT2D eigenvalue weighted by Gasteiger charge is -2.31. The summed E-state index contributed by atoms with van der Waals surface area (Å²) in [5.41, 5.74) is -0.716. The van der Waals surface area contributed by atoms with E-state index in [-0.39, 0.29) is 25.8 Å². The van der Waals surface area contributed by atoms with Crippen molar-refractivity contribution in [1.29, 1.82) is 0 Å². The number of para-hydroxylation sites is 1. The Bertz CT molecular complexity index is 948. The minimum absolute atomic E-state index is 0.0252. The lowest BCUT2D eigenvalue weighted by Crippen LogP contribution is -2.42. The van der Waals surface area contributed by atoms with E-state index >= 15 is 0 Å². The quantitative estimate of drug-likeness (QED) is 0.850. The minimum atomic E-state index is -4.24. The Morgan fingerprint density at radius 1 is 1.22 bits per heavy atom. The number of amides is 1. The van der Waals surface area contributed by atoms with Crippen molar-refractivity contribution in [2.45, 2.75) is 50.9 Å². The molecule has 1 saturated carbocycles. The number of H-pyrrole nitrogens is 1. The molecule has 2 N–H and O–H groups in total. The van der Waals surface area contributed by atoms with E-state index in [2.05, 4.69) is 10.3 Å². The molecule has 2 atom stereocenters. The molecule has 0 aliphatic heterocycles. The van der Waals surface area contributed by atoms with E-state index in [0.29, 0.717) is 23.7 Å². The maximum atomic E-state index is 12.9. The van der Waals surface area contributed by atoms with Crippen molar-refractivity contribution in [2.75, 3.05) is 0 Å². The summed E-state index contributed by atoms with van der Waals surface area (Å²) in [4.78, 5) is 38.3. The predicted octanol–water partition coefficient (Wildman–Crippen LogP) is 2.32. The Balaban J connectivity index is 1.66. The third-order valence-electron chi connectivity index (χ3n) is 4.97. The molecular weight excluding hydrogens is 363 g/mol. The average Bonchev–Trinajstić information content (AvgIpc) is 2.61. The number of nitrogens with one attached hydrogen (secondary N) is 2. The van der Waals surface area contributed by atoms with Crippen LogP contribution in [0.3, 0.4) is 0 Å². The largest absolute Gasteiger partial charge is 0.391 e. The van der Waals surface area contributed by atoms with Gasteiger partial charge in [-0.1, -0.05) is 18.6 Å². The molecule has 1 amide bonds. The van der Waals surface area contributed by atoms with Gasteiger partial charge in [0.2, 0.25) is 5.91 Å². The summed E-state index contributed by atoms with van der Waals surface area (Å²) >= 11 is 0. The molecule has 1 aromatic carbocycles. The highest BCUT2D eigenvalue weighted by Gasteiger charge is 2.42. The van der Waals surface area contributed by atoms with E-state index < -0.39 is 35.3 Å². The number of rotatable bonds is 4. The van der Waals surface area contributed by atoms with Crippen LogP contribution in [0.2, 0.25) is 0 Å². The maximum Gasteiger partial charge on any atom is 0.391 e. The van der Waals surface area contributed by atoms with Crippen molar-refractivity contribution in [2.24, 2.45) is 5.92 Å². The molecule has 9 heteroatoms. The Labute approximate surface area is 152 Å². The normalized spacial score (nSPS) is 20.6. The van der Waals surface area contributed by atoms with E-state index in [4.69, 9.17) is 0 Å². The molecule has 0 saturated heterocycles. The first-order valence-electron chi connectivity index (χ1n) is 8.83. The van der Waals surface area contributed by atoms with Gasteiger partial charge in [-0.3, -0.25) is 19.1 Å². The number of alkyl halides is 3. The fourth-order valence-corrected chi connectivity index (χ4v) is 3.60. The zero-order valence-electron chi connectivity index (χ0n) is 14.5. The maximum absolute atomic E-state index is 12.9. The van der Waals surface area contributed by atoms with Crippen LogP contribution < -0.4 is 16.6 Å². The van der Waals surface area contributed by atoms with Crippen LogP contribution in [-0.4, -0.2) is 27.7 Å². The first-order valence-corrected chi connectivity index (χ1v) is 8.83. The lowest BCUT2D eigenvalue weighted by atomic mass is 9.85. The number of hydrogen-bond acceptors (Lipinski definition) is 3. The molecule has 0 spiro atoms. The van der Waals surface area contributed by atoms with Crippen LogP contribution in [0.4, 0.5) is 13.2 Å². The Kier molecular flexibility index (Phi) is 5.38. The van der Waals surface area contributed by atoms with Crippen molar-refractivity contribution < 1.29 is 18.0 Å². The van der Waals surface area contributed by atoms with Gasteiger partial charge in [0.05, 0.1) is 16.8 Å². The standard InChI is InChI=1S/C18H20F3N3O3/c19-18(20,21)11-4-3-5-12(10-11)22-15(25)8-9-24-14-7-2-1-6-13(14)16(26)23-17(24)27/h1-2,6-7,11-12H,3-5,8-10H2,(H,22,25)(H,23,26,27). The molecule has 0 bridgehead atoms. The van der Waals surface area contributed by atoms with E-state index in [1.807, 2.05) is 0 Å². The number of halogens is 3. The number of carbonyl (C=O) groups is 1. The van der Waals surface area contributed by atoms with Gasteiger partial charge in [-0.2, -0.15) is 13.2 Å².